The second-order valence-corrected chi connectivity index (χ2v) is 12.1. The highest BCUT2D eigenvalue weighted by Crippen LogP contribution is 2.28. The molecule has 3 amide bonds. The van der Waals surface area contributed by atoms with Crippen LogP contribution in [0.5, 0.6) is 0 Å². The number of halogens is 3. The predicted octanol–water partition coefficient (Wildman–Crippen LogP) is 3.42. The Bertz CT molecular complexity index is 739. The number of hydrogen-bond donors (Lipinski definition) is 3. The second-order valence-electron chi connectivity index (χ2n) is 10.5. The maximum atomic E-state index is 12.8. The molecule has 1 aliphatic heterocycles. The maximum Gasteiger partial charge on any atom is 0.317 e. The fourth-order valence-corrected chi connectivity index (χ4v) is 7.02. The van der Waals surface area contributed by atoms with E-state index in [-0.39, 0.29) is 46.2 Å². The van der Waals surface area contributed by atoms with Crippen molar-refractivity contribution in [3.05, 3.63) is 12.2 Å². The molecule has 3 N–H and O–H groups in total. The van der Waals surface area contributed by atoms with Crippen LogP contribution < -0.4 is 16.0 Å². The molecule has 1 heterocycles. The topological polar surface area (TPSA) is 76.7 Å². The number of carbonyl (C=O) groups excluding carboxylic acids is 2. The van der Waals surface area contributed by atoms with Gasteiger partial charge in [-0.1, -0.05) is 31.4 Å². The van der Waals surface area contributed by atoms with Gasteiger partial charge in [0.05, 0.1) is 23.3 Å². The normalized spacial score (nSPS) is 36.5. The van der Waals surface area contributed by atoms with Crippen LogP contribution in [0.25, 0.3) is 0 Å². The SMILES string of the molecule is O=C(CNC1CCCCC1Cl)NC1C=CC(N2CCN(C(=O)NC3C(Cl)CCCC3Cl)CC2)CC1. The summed E-state index contributed by atoms with van der Waals surface area (Å²) < 4.78 is 0. The first-order valence-corrected chi connectivity index (χ1v) is 14.6. The Balaban J connectivity index is 1.15. The van der Waals surface area contributed by atoms with Crippen LogP contribution in [0, 0.1) is 0 Å². The van der Waals surface area contributed by atoms with Crippen LogP contribution >= 0.6 is 34.8 Å². The highest BCUT2D eigenvalue weighted by molar-refractivity contribution is 6.25. The van der Waals surface area contributed by atoms with Gasteiger partial charge in [0.25, 0.3) is 0 Å². The third-order valence-corrected chi connectivity index (χ3v) is 9.49. The van der Waals surface area contributed by atoms with Gasteiger partial charge in [-0.2, -0.15) is 0 Å². The Morgan fingerprint density at radius 3 is 2.11 bits per heavy atom. The van der Waals surface area contributed by atoms with Crippen LogP contribution in [0.4, 0.5) is 4.79 Å². The summed E-state index contributed by atoms with van der Waals surface area (Å²) in [4.78, 5) is 29.5. The lowest BCUT2D eigenvalue weighted by atomic mass is 9.94. The lowest BCUT2D eigenvalue weighted by molar-refractivity contribution is -0.120. The molecule has 10 heteroatoms. The van der Waals surface area contributed by atoms with Crippen molar-refractivity contribution in [2.75, 3.05) is 32.7 Å². The van der Waals surface area contributed by atoms with E-state index < -0.39 is 0 Å². The number of hydrogen-bond acceptors (Lipinski definition) is 4. The predicted molar refractivity (Wildman–Crippen MR) is 143 cm³/mol. The Kier molecular flexibility index (Phi) is 10.3. The van der Waals surface area contributed by atoms with Gasteiger partial charge in [0.2, 0.25) is 5.91 Å². The summed E-state index contributed by atoms with van der Waals surface area (Å²) in [6.07, 6.45) is 13.5. The zero-order valence-electron chi connectivity index (χ0n) is 20.4. The minimum atomic E-state index is -0.166. The van der Waals surface area contributed by atoms with Gasteiger partial charge in [0.15, 0.2) is 0 Å². The molecule has 3 fully saturated rings. The summed E-state index contributed by atoms with van der Waals surface area (Å²) in [5.41, 5.74) is 0. The Morgan fingerprint density at radius 1 is 0.771 bits per heavy atom. The van der Waals surface area contributed by atoms with Crippen LogP contribution in [0.15, 0.2) is 12.2 Å². The maximum absolute atomic E-state index is 12.8. The van der Waals surface area contributed by atoms with Crippen molar-refractivity contribution in [2.24, 2.45) is 0 Å². The standard InChI is InChI=1S/C25H40Cl3N5O2/c26-19-4-1-2-7-22(19)29-16-23(34)30-17-8-10-18(11-9-17)32-12-14-33(15-13-32)25(35)31-24-20(27)5-3-6-21(24)28/h8,10,17-22,24,29H,1-7,9,11-16H2,(H,30,34)(H,31,35). The zero-order chi connectivity index (χ0) is 24.8. The van der Waals surface area contributed by atoms with E-state index in [4.69, 9.17) is 34.8 Å². The van der Waals surface area contributed by atoms with E-state index in [1.54, 1.807) is 0 Å². The fraction of sp³-hybridized carbons (Fsp3) is 0.840. The van der Waals surface area contributed by atoms with Crippen molar-refractivity contribution < 1.29 is 9.59 Å². The highest BCUT2D eigenvalue weighted by atomic mass is 35.5. The number of nitrogens with one attached hydrogen (secondary N) is 3. The van der Waals surface area contributed by atoms with Crippen molar-refractivity contribution in [3.8, 4) is 0 Å². The molecule has 0 aromatic rings. The van der Waals surface area contributed by atoms with E-state index >= 15 is 0 Å². The number of urea groups is 1. The number of rotatable bonds is 6. The first kappa shape index (κ1) is 27.3. The van der Waals surface area contributed by atoms with Crippen molar-refractivity contribution >= 4 is 46.7 Å². The Hall–Kier alpha value is -0.730. The molecular formula is C25H40Cl3N5O2. The summed E-state index contributed by atoms with van der Waals surface area (Å²) in [7, 11) is 0. The third-order valence-electron chi connectivity index (χ3n) is 7.99. The summed E-state index contributed by atoms with van der Waals surface area (Å²) in [6, 6.07) is 0.438. The summed E-state index contributed by atoms with van der Waals surface area (Å²) in [5.74, 6) is 0.0310. The number of carbonyl (C=O) groups is 2. The van der Waals surface area contributed by atoms with E-state index in [1.807, 2.05) is 4.90 Å². The first-order valence-electron chi connectivity index (χ1n) is 13.3. The minimum Gasteiger partial charge on any atom is -0.349 e. The fourth-order valence-electron chi connectivity index (χ4n) is 5.79. The molecule has 4 rings (SSSR count). The van der Waals surface area contributed by atoms with E-state index in [2.05, 4.69) is 33.0 Å². The van der Waals surface area contributed by atoms with Gasteiger partial charge in [-0.25, -0.2) is 4.79 Å². The van der Waals surface area contributed by atoms with Gasteiger partial charge in [-0.3, -0.25) is 9.69 Å². The molecule has 1 saturated heterocycles. The number of alkyl halides is 3. The molecule has 3 aliphatic carbocycles. The number of amides is 3. The molecule has 6 unspecified atom stereocenters. The molecule has 4 aliphatic rings. The van der Waals surface area contributed by atoms with Gasteiger partial charge in [0, 0.05) is 49.7 Å². The first-order chi connectivity index (χ1) is 16.9. The van der Waals surface area contributed by atoms with E-state index in [0.717, 1.165) is 58.0 Å². The molecule has 35 heavy (non-hydrogen) atoms. The lowest BCUT2D eigenvalue weighted by Gasteiger charge is -2.41. The number of nitrogens with zero attached hydrogens (tertiary/aromatic N) is 2. The average Bonchev–Trinajstić information content (AvgIpc) is 2.86. The van der Waals surface area contributed by atoms with E-state index in [1.165, 1.54) is 12.8 Å². The van der Waals surface area contributed by atoms with Crippen LogP contribution in [0.3, 0.4) is 0 Å². The molecule has 7 nitrogen and oxygen atoms in total. The minimum absolute atomic E-state index is 0.0310. The van der Waals surface area contributed by atoms with Crippen LogP contribution in [-0.2, 0) is 4.79 Å². The lowest BCUT2D eigenvalue weighted by Crippen LogP contribution is -2.58. The van der Waals surface area contributed by atoms with Gasteiger partial charge >= 0.3 is 6.03 Å². The van der Waals surface area contributed by atoms with Gasteiger partial charge in [0.1, 0.15) is 0 Å². The van der Waals surface area contributed by atoms with Crippen LogP contribution in [0.2, 0.25) is 0 Å². The van der Waals surface area contributed by atoms with Crippen LogP contribution in [-0.4, -0.2) is 94.8 Å². The van der Waals surface area contributed by atoms with Crippen molar-refractivity contribution in [1.29, 1.82) is 0 Å². The number of piperazine rings is 1. The summed E-state index contributed by atoms with van der Waals surface area (Å²) in [6.45, 7) is 3.38. The molecule has 0 aromatic carbocycles. The second kappa shape index (κ2) is 13.2. The molecule has 0 spiro atoms. The Labute approximate surface area is 224 Å². The van der Waals surface area contributed by atoms with Crippen molar-refractivity contribution in [1.82, 2.24) is 25.8 Å². The average molecular weight is 549 g/mol. The molecule has 6 atom stereocenters. The molecule has 2 saturated carbocycles. The largest absolute Gasteiger partial charge is 0.349 e. The monoisotopic (exact) mass is 547 g/mol. The summed E-state index contributed by atoms with van der Waals surface area (Å²) >= 11 is 19.2. The van der Waals surface area contributed by atoms with Crippen LogP contribution in [0.1, 0.15) is 57.8 Å². The van der Waals surface area contributed by atoms with Gasteiger partial charge in [-0.05, 0) is 38.5 Å². The zero-order valence-corrected chi connectivity index (χ0v) is 22.7. The van der Waals surface area contributed by atoms with E-state index in [0.29, 0.717) is 25.7 Å². The quantitative estimate of drug-likeness (QED) is 0.351. The molecule has 0 aromatic heterocycles. The van der Waals surface area contributed by atoms with E-state index in [9.17, 15) is 9.59 Å². The van der Waals surface area contributed by atoms with Crippen molar-refractivity contribution in [2.45, 2.75) is 98.1 Å². The Morgan fingerprint density at radius 2 is 1.46 bits per heavy atom. The smallest absolute Gasteiger partial charge is 0.317 e. The molecule has 0 radical (unpaired) electrons. The highest BCUT2D eigenvalue weighted by Gasteiger charge is 2.34. The molecular weight excluding hydrogens is 509 g/mol. The van der Waals surface area contributed by atoms with Crippen molar-refractivity contribution in [3.63, 3.8) is 0 Å². The van der Waals surface area contributed by atoms with Gasteiger partial charge < -0.3 is 20.9 Å². The third kappa shape index (κ3) is 7.64. The van der Waals surface area contributed by atoms with Gasteiger partial charge in [-0.15, -0.1) is 34.8 Å². The summed E-state index contributed by atoms with van der Waals surface area (Å²) in [5, 5.41) is 9.47. The molecule has 198 valence electrons. The molecule has 0 bridgehead atoms.